The van der Waals surface area contributed by atoms with Crippen molar-refractivity contribution in [2.75, 3.05) is 6.61 Å². The minimum absolute atomic E-state index is 0.0571. The number of ether oxygens (including phenoxy) is 1. The highest BCUT2D eigenvalue weighted by Crippen LogP contribution is 2.29. The molecule has 0 bridgehead atoms. The van der Waals surface area contributed by atoms with Crippen LogP contribution in [0.15, 0.2) is 59.8 Å². The fraction of sp³-hybridized carbons (Fsp3) is 0.304. The zero-order valence-electron chi connectivity index (χ0n) is 17.8. The Hall–Kier alpha value is -3.92. The van der Waals surface area contributed by atoms with E-state index in [0.29, 0.717) is 30.0 Å². The van der Waals surface area contributed by atoms with Crippen molar-refractivity contribution in [2.24, 2.45) is 0 Å². The summed E-state index contributed by atoms with van der Waals surface area (Å²) in [5, 5.41) is 11.2. The molecule has 10 heteroatoms. The third-order valence-corrected chi connectivity index (χ3v) is 5.79. The van der Waals surface area contributed by atoms with Crippen LogP contribution in [0.4, 0.5) is 5.69 Å². The summed E-state index contributed by atoms with van der Waals surface area (Å²) in [5.41, 5.74) is 1.99. The van der Waals surface area contributed by atoms with E-state index >= 15 is 0 Å². The summed E-state index contributed by atoms with van der Waals surface area (Å²) in [6.45, 7) is 0.685. The lowest BCUT2D eigenvalue weighted by Crippen LogP contribution is -2.26. The first-order valence-electron chi connectivity index (χ1n) is 10.8. The molecule has 5 rings (SSSR count). The van der Waals surface area contributed by atoms with Crippen LogP contribution in [0.5, 0.6) is 0 Å². The number of hydrogen-bond acceptors (Lipinski definition) is 7. The van der Waals surface area contributed by atoms with E-state index < -0.39 is 16.2 Å². The van der Waals surface area contributed by atoms with Crippen molar-refractivity contribution in [3.8, 4) is 0 Å². The average Bonchev–Trinajstić information content (AvgIpc) is 3.20. The first-order valence-corrected chi connectivity index (χ1v) is 10.8. The Kier molecular flexibility index (Phi) is 5.66. The quantitative estimate of drug-likeness (QED) is 0.329. The monoisotopic (exact) mass is 446 g/mol. The van der Waals surface area contributed by atoms with Gasteiger partial charge in [-0.15, -0.1) is 0 Å². The summed E-state index contributed by atoms with van der Waals surface area (Å²) in [7, 11) is 0. The topological polar surface area (TPSA) is 118 Å². The zero-order valence-corrected chi connectivity index (χ0v) is 17.8. The standard InChI is InChI=1S/C23H22N6O4/c30-23-18(29(31)32)9-6-11-27(23)14-19-26-21-17(13-16-7-2-1-3-8-16)24-15-25-22(21)28(19)20-10-4-5-12-33-20/h1-3,6-9,11,15,20H,4-5,10,12-14H2. The third kappa shape index (κ3) is 4.12. The molecular weight excluding hydrogens is 424 g/mol. The second-order valence-electron chi connectivity index (χ2n) is 7.96. The predicted octanol–water partition coefficient (Wildman–Crippen LogP) is 3.23. The van der Waals surface area contributed by atoms with E-state index in [1.807, 2.05) is 34.9 Å². The Bertz CT molecular complexity index is 1360. The number of nitro groups is 1. The first kappa shape index (κ1) is 21.0. The van der Waals surface area contributed by atoms with Gasteiger partial charge in [0, 0.05) is 25.3 Å². The van der Waals surface area contributed by atoms with E-state index in [1.165, 1.54) is 29.2 Å². The molecule has 1 unspecified atom stereocenters. The summed E-state index contributed by atoms with van der Waals surface area (Å²) in [6.07, 6.45) is 6.13. The largest absolute Gasteiger partial charge is 0.358 e. The molecule has 10 nitrogen and oxygen atoms in total. The highest BCUT2D eigenvalue weighted by atomic mass is 16.6. The summed E-state index contributed by atoms with van der Waals surface area (Å²) >= 11 is 0. The van der Waals surface area contributed by atoms with Gasteiger partial charge in [-0.1, -0.05) is 30.3 Å². The van der Waals surface area contributed by atoms with Gasteiger partial charge in [0.05, 0.1) is 17.2 Å². The molecular formula is C23H22N6O4. The molecule has 33 heavy (non-hydrogen) atoms. The van der Waals surface area contributed by atoms with E-state index in [2.05, 4.69) is 9.97 Å². The van der Waals surface area contributed by atoms with Crippen molar-refractivity contribution in [1.82, 2.24) is 24.1 Å². The molecule has 1 aromatic carbocycles. The van der Waals surface area contributed by atoms with Crippen LogP contribution in [0.1, 0.15) is 42.6 Å². The lowest BCUT2D eigenvalue weighted by atomic mass is 10.1. The van der Waals surface area contributed by atoms with Crippen LogP contribution in [0.25, 0.3) is 11.2 Å². The number of fused-ring (bicyclic) bond motifs is 1. The van der Waals surface area contributed by atoms with Crippen LogP contribution in [0.3, 0.4) is 0 Å². The molecule has 4 heterocycles. The second kappa shape index (κ2) is 8.91. The predicted molar refractivity (Wildman–Crippen MR) is 120 cm³/mol. The normalized spacial score (nSPS) is 16.2. The number of hydrogen-bond donors (Lipinski definition) is 0. The summed E-state index contributed by atoms with van der Waals surface area (Å²) in [4.78, 5) is 37.0. The van der Waals surface area contributed by atoms with Crippen molar-refractivity contribution >= 4 is 16.9 Å². The fourth-order valence-electron chi connectivity index (χ4n) is 4.20. The SMILES string of the molecule is O=c1c([N+](=O)[O-])cccn1Cc1nc2c(Cc3ccccc3)ncnc2n1C1CCCCO1. The van der Waals surface area contributed by atoms with Crippen LogP contribution < -0.4 is 5.56 Å². The molecule has 0 aliphatic carbocycles. The van der Waals surface area contributed by atoms with E-state index in [-0.39, 0.29) is 12.8 Å². The van der Waals surface area contributed by atoms with Crippen molar-refractivity contribution in [1.29, 1.82) is 0 Å². The fourth-order valence-corrected chi connectivity index (χ4v) is 4.20. The third-order valence-electron chi connectivity index (χ3n) is 5.79. The highest BCUT2D eigenvalue weighted by molar-refractivity contribution is 5.74. The second-order valence-corrected chi connectivity index (χ2v) is 7.96. The number of nitrogens with zero attached hydrogens (tertiary/aromatic N) is 6. The van der Waals surface area contributed by atoms with Gasteiger partial charge in [0.15, 0.2) is 5.65 Å². The van der Waals surface area contributed by atoms with Gasteiger partial charge < -0.3 is 9.30 Å². The molecule has 168 valence electrons. The van der Waals surface area contributed by atoms with Crippen molar-refractivity contribution in [3.05, 3.63) is 92.5 Å². The van der Waals surface area contributed by atoms with Gasteiger partial charge in [-0.2, -0.15) is 0 Å². The Morgan fingerprint density at radius 2 is 1.97 bits per heavy atom. The number of benzene rings is 1. The molecule has 0 amide bonds. The minimum atomic E-state index is -0.679. The Morgan fingerprint density at radius 1 is 1.12 bits per heavy atom. The molecule has 0 saturated carbocycles. The van der Waals surface area contributed by atoms with Crippen molar-refractivity contribution in [2.45, 2.75) is 38.5 Å². The van der Waals surface area contributed by atoms with Gasteiger partial charge in [0.2, 0.25) is 0 Å². The molecule has 0 spiro atoms. The van der Waals surface area contributed by atoms with Gasteiger partial charge in [0.1, 0.15) is 23.9 Å². The van der Waals surface area contributed by atoms with Gasteiger partial charge >= 0.3 is 11.2 Å². The summed E-state index contributed by atoms with van der Waals surface area (Å²) in [5.74, 6) is 0.550. The van der Waals surface area contributed by atoms with E-state index in [0.717, 1.165) is 30.5 Å². The number of imidazole rings is 1. The van der Waals surface area contributed by atoms with E-state index in [4.69, 9.17) is 9.72 Å². The van der Waals surface area contributed by atoms with Gasteiger partial charge in [-0.05, 0) is 30.9 Å². The maximum atomic E-state index is 12.7. The number of pyridine rings is 1. The smallest absolute Gasteiger partial charge is 0.334 e. The van der Waals surface area contributed by atoms with Crippen molar-refractivity contribution in [3.63, 3.8) is 0 Å². The molecule has 4 aromatic rings. The molecule has 0 radical (unpaired) electrons. The van der Waals surface area contributed by atoms with Crippen LogP contribution in [-0.2, 0) is 17.7 Å². The van der Waals surface area contributed by atoms with Crippen LogP contribution >= 0.6 is 0 Å². The Balaban J connectivity index is 1.63. The van der Waals surface area contributed by atoms with Crippen molar-refractivity contribution < 1.29 is 9.66 Å². The van der Waals surface area contributed by atoms with E-state index in [1.54, 1.807) is 0 Å². The molecule has 0 N–H and O–H groups in total. The van der Waals surface area contributed by atoms with E-state index in [9.17, 15) is 14.9 Å². The molecule has 1 aliphatic heterocycles. The molecule has 1 atom stereocenters. The zero-order chi connectivity index (χ0) is 22.8. The number of rotatable bonds is 6. The highest BCUT2D eigenvalue weighted by Gasteiger charge is 2.25. The van der Waals surface area contributed by atoms with Gasteiger partial charge in [-0.25, -0.2) is 15.0 Å². The summed E-state index contributed by atoms with van der Waals surface area (Å²) in [6, 6.07) is 12.7. The maximum absolute atomic E-state index is 12.7. The Labute approximate surface area is 188 Å². The molecule has 1 aliphatic rings. The first-order chi connectivity index (χ1) is 16.1. The lowest BCUT2D eigenvalue weighted by molar-refractivity contribution is -0.386. The summed E-state index contributed by atoms with van der Waals surface area (Å²) < 4.78 is 9.23. The minimum Gasteiger partial charge on any atom is -0.358 e. The Morgan fingerprint density at radius 3 is 2.73 bits per heavy atom. The average molecular weight is 446 g/mol. The molecule has 3 aromatic heterocycles. The van der Waals surface area contributed by atoms with Crippen LogP contribution in [-0.4, -0.2) is 35.6 Å². The maximum Gasteiger partial charge on any atom is 0.334 e. The van der Waals surface area contributed by atoms with Crippen LogP contribution in [0, 0.1) is 10.1 Å². The van der Waals surface area contributed by atoms with Gasteiger partial charge in [0.25, 0.3) is 0 Å². The van der Waals surface area contributed by atoms with Crippen LogP contribution in [0.2, 0.25) is 0 Å². The lowest BCUT2D eigenvalue weighted by Gasteiger charge is -2.25. The van der Waals surface area contributed by atoms with Gasteiger partial charge in [-0.3, -0.25) is 19.5 Å². The molecule has 1 fully saturated rings. The number of aromatic nitrogens is 5. The molecule has 1 saturated heterocycles.